The van der Waals surface area contributed by atoms with Crippen LogP contribution in [-0.4, -0.2) is 61.2 Å². The number of sulfonamides is 1. The van der Waals surface area contributed by atoms with Crippen LogP contribution in [-0.2, 0) is 14.8 Å². The van der Waals surface area contributed by atoms with E-state index in [4.69, 9.17) is 17.3 Å². The summed E-state index contributed by atoms with van der Waals surface area (Å²) < 4.78 is 26.4. The number of halogens is 1. The predicted octanol–water partition coefficient (Wildman–Crippen LogP) is -0.0833. The summed E-state index contributed by atoms with van der Waals surface area (Å²) in [4.78, 5) is 16.7. The van der Waals surface area contributed by atoms with Crippen molar-refractivity contribution in [3.8, 4) is 0 Å². The number of amides is 1. The summed E-state index contributed by atoms with van der Waals surface area (Å²) in [6, 6.07) is 2.89. The predicted molar refractivity (Wildman–Crippen MR) is 78.3 cm³/mol. The molecule has 0 saturated carbocycles. The second-order valence-corrected chi connectivity index (χ2v) is 7.14. The standard InChI is InChI=1S/C12H17ClN4O3S/c13-11-3-2-10(8-15-11)21(19,20)17-5-1-4-16(6-7-17)9-12(14)18/h2-3,8H,1,4-7,9H2,(H2,14,18). The maximum atomic E-state index is 12.5. The maximum absolute atomic E-state index is 12.5. The van der Waals surface area contributed by atoms with Crippen LogP contribution in [0.4, 0.5) is 0 Å². The Bertz CT molecular complexity index is 605. The lowest BCUT2D eigenvalue weighted by atomic mass is 10.4. The van der Waals surface area contributed by atoms with Crippen molar-refractivity contribution >= 4 is 27.5 Å². The van der Waals surface area contributed by atoms with Crippen LogP contribution in [0.5, 0.6) is 0 Å². The Balaban J connectivity index is 2.10. The van der Waals surface area contributed by atoms with Crippen LogP contribution in [0.15, 0.2) is 23.2 Å². The molecule has 0 aliphatic carbocycles. The van der Waals surface area contributed by atoms with E-state index in [-0.39, 0.29) is 16.6 Å². The maximum Gasteiger partial charge on any atom is 0.244 e. The Morgan fingerprint density at radius 2 is 2.05 bits per heavy atom. The first-order valence-corrected chi connectivity index (χ1v) is 8.34. The second kappa shape index (κ2) is 6.69. The third-order valence-electron chi connectivity index (χ3n) is 3.26. The number of pyridine rings is 1. The first-order chi connectivity index (χ1) is 9.89. The molecule has 21 heavy (non-hydrogen) atoms. The minimum Gasteiger partial charge on any atom is -0.369 e. The van der Waals surface area contributed by atoms with Crippen molar-refractivity contribution in [1.29, 1.82) is 0 Å². The molecule has 0 aromatic carbocycles. The zero-order valence-electron chi connectivity index (χ0n) is 11.4. The molecule has 2 heterocycles. The topological polar surface area (TPSA) is 96.6 Å². The number of hydrogen-bond donors (Lipinski definition) is 1. The molecule has 2 rings (SSSR count). The number of hydrogen-bond acceptors (Lipinski definition) is 5. The van der Waals surface area contributed by atoms with E-state index >= 15 is 0 Å². The van der Waals surface area contributed by atoms with Crippen LogP contribution >= 0.6 is 11.6 Å². The lowest BCUT2D eigenvalue weighted by Crippen LogP contribution is -2.38. The Labute approximate surface area is 128 Å². The zero-order chi connectivity index (χ0) is 15.5. The van der Waals surface area contributed by atoms with E-state index in [9.17, 15) is 13.2 Å². The third kappa shape index (κ3) is 4.13. The molecule has 2 N–H and O–H groups in total. The van der Waals surface area contributed by atoms with Gasteiger partial charge in [-0.05, 0) is 25.1 Å². The molecule has 0 spiro atoms. The van der Waals surface area contributed by atoms with Gasteiger partial charge in [-0.2, -0.15) is 4.31 Å². The molecule has 116 valence electrons. The van der Waals surface area contributed by atoms with Crippen molar-refractivity contribution in [3.63, 3.8) is 0 Å². The van der Waals surface area contributed by atoms with E-state index in [1.54, 1.807) is 0 Å². The van der Waals surface area contributed by atoms with Crippen LogP contribution in [0, 0.1) is 0 Å². The normalized spacial score (nSPS) is 18.3. The molecule has 1 fully saturated rings. The highest BCUT2D eigenvalue weighted by atomic mass is 35.5. The summed E-state index contributed by atoms with van der Waals surface area (Å²) in [6.45, 7) is 1.99. The number of nitrogens with two attached hydrogens (primary N) is 1. The van der Waals surface area contributed by atoms with Gasteiger partial charge < -0.3 is 5.73 Å². The Morgan fingerprint density at radius 3 is 2.67 bits per heavy atom. The molecular formula is C12H17ClN4O3S. The van der Waals surface area contributed by atoms with Crippen molar-refractivity contribution < 1.29 is 13.2 Å². The molecule has 1 amide bonds. The highest BCUT2D eigenvalue weighted by Gasteiger charge is 2.27. The molecular weight excluding hydrogens is 316 g/mol. The molecule has 1 aromatic rings. The number of primary amides is 1. The lowest BCUT2D eigenvalue weighted by Gasteiger charge is -2.20. The Hall–Kier alpha value is -1.22. The van der Waals surface area contributed by atoms with Crippen molar-refractivity contribution in [3.05, 3.63) is 23.5 Å². The Kier molecular flexibility index (Phi) is 5.15. The zero-order valence-corrected chi connectivity index (χ0v) is 13.0. The van der Waals surface area contributed by atoms with Gasteiger partial charge in [0.15, 0.2) is 0 Å². The van der Waals surface area contributed by atoms with E-state index < -0.39 is 15.9 Å². The van der Waals surface area contributed by atoms with Crippen molar-refractivity contribution in [2.24, 2.45) is 5.73 Å². The fourth-order valence-electron chi connectivity index (χ4n) is 2.23. The fraction of sp³-hybridized carbons (Fsp3) is 0.500. The molecule has 9 heteroatoms. The van der Waals surface area contributed by atoms with Crippen LogP contribution in [0.1, 0.15) is 6.42 Å². The average Bonchev–Trinajstić information content (AvgIpc) is 2.64. The smallest absolute Gasteiger partial charge is 0.244 e. The van der Waals surface area contributed by atoms with Gasteiger partial charge in [-0.1, -0.05) is 11.6 Å². The van der Waals surface area contributed by atoms with Gasteiger partial charge in [0.25, 0.3) is 0 Å². The van der Waals surface area contributed by atoms with Gasteiger partial charge in [-0.3, -0.25) is 9.69 Å². The van der Waals surface area contributed by atoms with Gasteiger partial charge >= 0.3 is 0 Å². The van der Waals surface area contributed by atoms with Crippen molar-refractivity contribution in [2.45, 2.75) is 11.3 Å². The Morgan fingerprint density at radius 1 is 1.29 bits per heavy atom. The van der Waals surface area contributed by atoms with Crippen LogP contribution in [0.3, 0.4) is 0 Å². The first kappa shape index (κ1) is 16.2. The summed E-state index contributed by atoms with van der Waals surface area (Å²) >= 11 is 5.67. The highest BCUT2D eigenvalue weighted by Crippen LogP contribution is 2.18. The molecule has 0 atom stereocenters. The van der Waals surface area contributed by atoms with Gasteiger partial charge in [0.2, 0.25) is 15.9 Å². The summed E-state index contributed by atoms with van der Waals surface area (Å²) in [5.41, 5.74) is 5.17. The molecule has 7 nitrogen and oxygen atoms in total. The quantitative estimate of drug-likeness (QED) is 0.778. The molecule has 1 aliphatic rings. The summed E-state index contributed by atoms with van der Waals surface area (Å²) in [5, 5.41) is 0.248. The van der Waals surface area contributed by atoms with E-state index in [2.05, 4.69) is 4.98 Å². The minimum absolute atomic E-state index is 0.121. The SMILES string of the molecule is NC(=O)CN1CCCN(S(=O)(=O)c2ccc(Cl)nc2)CC1. The summed E-state index contributed by atoms with van der Waals surface area (Å²) in [7, 11) is -3.58. The van der Waals surface area contributed by atoms with Crippen LogP contribution in [0.2, 0.25) is 5.15 Å². The van der Waals surface area contributed by atoms with E-state index in [1.165, 1.54) is 22.6 Å². The number of nitrogens with zero attached hydrogens (tertiary/aromatic N) is 3. The monoisotopic (exact) mass is 332 g/mol. The van der Waals surface area contributed by atoms with Gasteiger partial charge in [0.05, 0.1) is 6.54 Å². The molecule has 1 aliphatic heterocycles. The molecule has 1 aromatic heterocycles. The highest BCUT2D eigenvalue weighted by molar-refractivity contribution is 7.89. The van der Waals surface area contributed by atoms with E-state index in [0.29, 0.717) is 32.6 Å². The number of aromatic nitrogens is 1. The fourth-order valence-corrected chi connectivity index (χ4v) is 3.76. The lowest BCUT2D eigenvalue weighted by molar-refractivity contribution is -0.119. The molecule has 1 saturated heterocycles. The number of carbonyl (C=O) groups is 1. The molecule has 0 bridgehead atoms. The molecule has 0 radical (unpaired) electrons. The van der Waals surface area contributed by atoms with Gasteiger partial charge in [0.1, 0.15) is 10.0 Å². The van der Waals surface area contributed by atoms with Crippen LogP contribution in [0.25, 0.3) is 0 Å². The van der Waals surface area contributed by atoms with Gasteiger partial charge in [-0.25, -0.2) is 13.4 Å². The number of rotatable bonds is 4. The van der Waals surface area contributed by atoms with Crippen molar-refractivity contribution in [1.82, 2.24) is 14.2 Å². The minimum atomic E-state index is -3.58. The number of carbonyl (C=O) groups excluding carboxylic acids is 1. The van der Waals surface area contributed by atoms with Gasteiger partial charge in [-0.15, -0.1) is 0 Å². The second-order valence-electron chi connectivity index (χ2n) is 4.82. The van der Waals surface area contributed by atoms with Crippen molar-refractivity contribution in [2.75, 3.05) is 32.7 Å². The van der Waals surface area contributed by atoms with Crippen LogP contribution < -0.4 is 5.73 Å². The third-order valence-corrected chi connectivity index (χ3v) is 5.37. The van der Waals surface area contributed by atoms with E-state index in [1.807, 2.05) is 4.90 Å². The van der Waals surface area contributed by atoms with Gasteiger partial charge in [0, 0.05) is 25.8 Å². The molecule has 0 unspecified atom stereocenters. The summed E-state index contributed by atoms with van der Waals surface area (Å²) in [6.07, 6.45) is 1.90. The first-order valence-electron chi connectivity index (χ1n) is 6.52. The summed E-state index contributed by atoms with van der Waals surface area (Å²) in [5.74, 6) is -0.409. The average molecular weight is 333 g/mol. The largest absolute Gasteiger partial charge is 0.369 e. The van der Waals surface area contributed by atoms with E-state index in [0.717, 1.165) is 0 Å².